The van der Waals surface area contributed by atoms with Crippen molar-refractivity contribution in [1.82, 2.24) is 5.32 Å². The number of aliphatic hydroxyl groups is 1. The van der Waals surface area contributed by atoms with Crippen molar-refractivity contribution in [3.05, 3.63) is 122 Å². The molecule has 3 unspecified atom stereocenters. The van der Waals surface area contributed by atoms with Gasteiger partial charge >= 0.3 is 0 Å². The van der Waals surface area contributed by atoms with Crippen LogP contribution in [0.15, 0.2) is 122 Å². The average molecular weight is 965 g/mol. The van der Waals surface area contributed by atoms with Gasteiger partial charge in [-0.2, -0.15) is 0 Å². The molecule has 9 heteroatoms. The van der Waals surface area contributed by atoms with E-state index >= 15 is 0 Å². The Morgan fingerprint density at radius 2 is 0.897 bits per heavy atom. The normalized spacial score (nSPS) is 15.0. The number of amides is 1. The minimum absolute atomic E-state index is 0.0000427. The first-order chi connectivity index (χ1) is 33.0. The van der Waals surface area contributed by atoms with E-state index in [1.807, 2.05) is 21.1 Å². The smallest absolute Gasteiger partial charge is 0.268 e. The second kappa shape index (κ2) is 48.9. The molecule has 0 bridgehead atoms. The maximum atomic E-state index is 12.9. The summed E-state index contributed by atoms with van der Waals surface area (Å²) in [7, 11) is 1.27. The van der Waals surface area contributed by atoms with Crippen LogP contribution in [-0.2, 0) is 18.4 Å². The van der Waals surface area contributed by atoms with E-state index in [2.05, 4.69) is 141 Å². The molecular formula is C59H101N2O6P. The fourth-order valence-corrected chi connectivity index (χ4v) is 7.73. The zero-order chi connectivity index (χ0) is 49.9. The fraction of sp³-hybridized carbons (Fsp3) is 0.644. The number of hydrogen-bond acceptors (Lipinski definition) is 6. The predicted molar refractivity (Wildman–Crippen MR) is 292 cm³/mol. The number of phosphoric acid groups is 1. The van der Waals surface area contributed by atoms with Crippen molar-refractivity contribution in [3.63, 3.8) is 0 Å². The number of likely N-dealkylation sites (N-methyl/N-ethyl adjacent to an activating group) is 1. The topological polar surface area (TPSA) is 108 Å². The van der Waals surface area contributed by atoms with Crippen molar-refractivity contribution >= 4 is 13.7 Å². The highest BCUT2D eigenvalue weighted by atomic mass is 31.2. The number of nitrogens with zero attached hydrogens (tertiary/aromatic N) is 1. The molecule has 0 aromatic heterocycles. The molecule has 0 heterocycles. The van der Waals surface area contributed by atoms with E-state index in [-0.39, 0.29) is 19.1 Å². The van der Waals surface area contributed by atoms with E-state index in [9.17, 15) is 19.4 Å². The summed E-state index contributed by atoms with van der Waals surface area (Å²) < 4.78 is 23.3. The monoisotopic (exact) mass is 965 g/mol. The van der Waals surface area contributed by atoms with E-state index in [0.29, 0.717) is 23.9 Å². The van der Waals surface area contributed by atoms with Gasteiger partial charge in [-0.25, -0.2) is 0 Å². The molecular weight excluding hydrogens is 864 g/mol. The van der Waals surface area contributed by atoms with Crippen molar-refractivity contribution in [1.29, 1.82) is 0 Å². The van der Waals surface area contributed by atoms with Gasteiger partial charge in [0, 0.05) is 6.42 Å². The molecule has 0 aromatic carbocycles. The summed E-state index contributed by atoms with van der Waals surface area (Å²) in [6, 6.07) is -0.822. The number of unbranched alkanes of at least 4 members (excludes halogenated alkanes) is 14. The molecule has 0 aliphatic heterocycles. The molecule has 2 N–H and O–H groups in total. The standard InChI is InChI=1S/C59H101N2O6P/c1-6-8-10-12-14-16-18-19-20-21-22-23-24-25-26-27-28-29-30-31-32-33-34-35-36-37-38-39-40-41-43-45-47-49-51-53-59(63)60-57(56-67-68(64,65)66-55-54-61(3,4)5)58(62)52-50-48-46-44-42-17-15-13-11-9-7-2/h8,10,14,16,19-20,22-23,25-26,28-29,31-32,34-35,37-38,40-41,57-58,62H,6-7,9,11-13,15,17-18,21,24,27,30,33,36,39,42-56H2,1-5H3,(H-,60,63,64,65)/b10-8-,16-14-,20-19-,23-22-,26-25-,29-28-,32-31-,35-34-,38-37-,41-40-. The maximum absolute atomic E-state index is 12.9. The molecule has 0 rings (SSSR count). The van der Waals surface area contributed by atoms with Crippen LogP contribution in [0.4, 0.5) is 0 Å². The van der Waals surface area contributed by atoms with E-state index in [4.69, 9.17) is 9.05 Å². The molecule has 0 spiro atoms. The fourth-order valence-electron chi connectivity index (χ4n) is 7.01. The van der Waals surface area contributed by atoms with Crippen LogP contribution >= 0.6 is 7.82 Å². The summed E-state index contributed by atoms with van der Waals surface area (Å²) in [5.74, 6) is -0.196. The van der Waals surface area contributed by atoms with Crippen molar-refractivity contribution < 1.29 is 32.9 Å². The zero-order valence-corrected chi connectivity index (χ0v) is 44.9. The van der Waals surface area contributed by atoms with Crippen LogP contribution in [0.25, 0.3) is 0 Å². The van der Waals surface area contributed by atoms with E-state index < -0.39 is 20.0 Å². The van der Waals surface area contributed by atoms with Crippen molar-refractivity contribution in [2.45, 2.75) is 206 Å². The third-order valence-electron chi connectivity index (χ3n) is 11.2. The number of phosphoric ester groups is 1. The highest BCUT2D eigenvalue weighted by Crippen LogP contribution is 2.38. The number of carbonyl (C=O) groups excluding carboxylic acids is 1. The van der Waals surface area contributed by atoms with Gasteiger partial charge < -0.3 is 28.8 Å². The number of allylic oxidation sites excluding steroid dienone is 20. The van der Waals surface area contributed by atoms with E-state index in [0.717, 1.165) is 116 Å². The zero-order valence-electron chi connectivity index (χ0n) is 44.0. The lowest BCUT2D eigenvalue weighted by Gasteiger charge is -2.30. The molecule has 0 aromatic rings. The number of carbonyl (C=O) groups is 1. The first kappa shape index (κ1) is 64.9. The average Bonchev–Trinajstić information content (AvgIpc) is 3.30. The maximum Gasteiger partial charge on any atom is 0.268 e. The van der Waals surface area contributed by atoms with Crippen LogP contribution in [0, 0.1) is 0 Å². The van der Waals surface area contributed by atoms with Crippen molar-refractivity contribution in [2.24, 2.45) is 0 Å². The van der Waals surface area contributed by atoms with Crippen LogP contribution in [0.5, 0.6) is 0 Å². The molecule has 0 aliphatic carbocycles. The molecule has 0 radical (unpaired) electrons. The third-order valence-corrected chi connectivity index (χ3v) is 12.2. The number of quaternary nitrogens is 1. The highest BCUT2D eigenvalue weighted by Gasteiger charge is 2.24. The van der Waals surface area contributed by atoms with Gasteiger partial charge in [-0.15, -0.1) is 0 Å². The number of rotatable bonds is 47. The van der Waals surface area contributed by atoms with Crippen LogP contribution in [-0.4, -0.2) is 68.5 Å². The number of nitrogens with one attached hydrogen (secondary N) is 1. The van der Waals surface area contributed by atoms with Crippen LogP contribution in [0.1, 0.15) is 194 Å². The van der Waals surface area contributed by atoms with Gasteiger partial charge in [-0.3, -0.25) is 9.36 Å². The van der Waals surface area contributed by atoms with E-state index in [1.165, 1.54) is 51.4 Å². The summed E-state index contributed by atoms with van der Waals surface area (Å²) >= 11 is 0. The second-order valence-electron chi connectivity index (χ2n) is 18.9. The summed E-state index contributed by atoms with van der Waals surface area (Å²) in [6.45, 7) is 4.55. The Balaban J connectivity index is 4.21. The molecule has 388 valence electrons. The summed E-state index contributed by atoms with van der Waals surface area (Å²) in [4.78, 5) is 25.4. The minimum atomic E-state index is -4.58. The summed E-state index contributed by atoms with van der Waals surface area (Å²) in [5.41, 5.74) is 0. The highest BCUT2D eigenvalue weighted by molar-refractivity contribution is 7.45. The Labute approximate surface area is 418 Å². The number of aliphatic hydroxyl groups excluding tert-OH is 1. The van der Waals surface area contributed by atoms with Crippen LogP contribution < -0.4 is 10.2 Å². The summed E-state index contributed by atoms with van der Waals surface area (Å²) in [5, 5.41) is 13.9. The lowest BCUT2D eigenvalue weighted by Crippen LogP contribution is -2.46. The molecule has 0 aliphatic rings. The van der Waals surface area contributed by atoms with E-state index in [1.54, 1.807) is 0 Å². The molecule has 8 nitrogen and oxygen atoms in total. The lowest BCUT2D eigenvalue weighted by atomic mass is 10.0. The second-order valence-corrected chi connectivity index (χ2v) is 20.3. The molecule has 0 fully saturated rings. The third kappa shape index (κ3) is 50.8. The Hall–Kier alpha value is -3.10. The minimum Gasteiger partial charge on any atom is -0.756 e. The summed E-state index contributed by atoms with van der Waals surface area (Å²) in [6.07, 6.45) is 72.3. The molecule has 1 amide bonds. The van der Waals surface area contributed by atoms with Crippen LogP contribution in [0.2, 0.25) is 0 Å². The van der Waals surface area contributed by atoms with Gasteiger partial charge in [-0.1, -0.05) is 219 Å². The van der Waals surface area contributed by atoms with Gasteiger partial charge in [0.05, 0.1) is 39.9 Å². The quantitative estimate of drug-likeness (QED) is 0.0272. The Bertz CT molecular complexity index is 1510. The first-order valence-corrected chi connectivity index (χ1v) is 28.3. The first-order valence-electron chi connectivity index (χ1n) is 26.9. The van der Waals surface area contributed by atoms with Gasteiger partial charge in [-0.05, 0) is 89.9 Å². The van der Waals surface area contributed by atoms with Crippen molar-refractivity contribution in [2.75, 3.05) is 40.9 Å². The Morgan fingerprint density at radius 1 is 0.529 bits per heavy atom. The van der Waals surface area contributed by atoms with Crippen molar-refractivity contribution in [3.8, 4) is 0 Å². The van der Waals surface area contributed by atoms with Gasteiger partial charge in [0.2, 0.25) is 5.91 Å². The Morgan fingerprint density at radius 3 is 1.31 bits per heavy atom. The largest absolute Gasteiger partial charge is 0.756 e. The molecule has 68 heavy (non-hydrogen) atoms. The lowest BCUT2D eigenvalue weighted by molar-refractivity contribution is -0.870. The molecule has 0 saturated carbocycles. The molecule has 0 saturated heterocycles. The van der Waals surface area contributed by atoms with Crippen LogP contribution in [0.3, 0.4) is 0 Å². The number of hydrogen-bond donors (Lipinski definition) is 2. The molecule has 3 atom stereocenters. The SMILES string of the molecule is CC/C=C\C/C=C\C/C=C\C/C=C\C/C=C\C/C=C\C/C=C\C/C=C\C/C=C\C/C=C\CCCCCCC(=O)NC(COP(=O)([O-])OCC[N+](C)(C)C)C(O)CCCCCCCCCCCCC. The Kier molecular flexibility index (Phi) is 46.7. The van der Waals surface area contributed by atoms with Gasteiger partial charge in [0.15, 0.2) is 0 Å². The predicted octanol–water partition coefficient (Wildman–Crippen LogP) is 15.6. The van der Waals surface area contributed by atoms with Gasteiger partial charge in [0.25, 0.3) is 7.82 Å². The van der Waals surface area contributed by atoms with Gasteiger partial charge in [0.1, 0.15) is 13.2 Å².